The average molecular weight is 194 g/mol. The number of ether oxygens (including phenoxy) is 1. The Bertz CT molecular complexity index is 307. The molecule has 0 fully saturated rings. The molecule has 0 radical (unpaired) electrons. The Morgan fingerprint density at radius 3 is 2.57 bits per heavy atom. The van der Waals surface area contributed by atoms with E-state index >= 15 is 0 Å². The van der Waals surface area contributed by atoms with Crippen LogP contribution in [-0.2, 0) is 14.3 Å². The number of carbonyl (C=O) groups is 2. The maximum Gasteiger partial charge on any atom is 0.307 e. The van der Waals surface area contributed by atoms with Gasteiger partial charge in [-0.15, -0.1) is 0 Å². The minimum Gasteiger partial charge on any atom is -0.481 e. The number of aliphatic carboxylic acids is 1. The molecule has 1 rings (SSSR count). The smallest absolute Gasteiger partial charge is 0.307 e. The van der Waals surface area contributed by atoms with E-state index in [-0.39, 0.29) is 12.9 Å². The van der Waals surface area contributed by atoms with Crippen molar-refractivity contribution in [2.24, 2.45) is 0 Å². The van der Waals surface area contributed by atoms with Crippen molar-refractivity contribution in [1.82, 2.24) is 0 Å². The summed E-state index contributed by atoms with van der Waals surface area (Å²) in [7, 11) is 0. The van der Waals surface area contributed by atoms with Gasteiger partial charge in [0, 0.05) is 0 Å². The summed E-state index contributed by atoms with van der Waals surface area (Å²) in [5.74, 6) is -0.999. The number of rotatable bonds is 5. The fraction of sp³-hybridized carbons (Fsp3) is 0.200. The second-order valence-electron chi connectivity index (χ2n) is 2.73. The molecule has 1 atom stereocenters. The molecule has 0 spiro atoms. The van der Waals surface area contributed by atoms with E-state index in [9.17, 15) is 9.59 Å². The largest absolute Gasteiger partial charge is 0.481 e. The Hall–Kier alpha value is -1.84. The van der Waals surface area contributed by atoms with Gasteiger partial charge in [0.05, 0.1) is 6.42 Å². The zero-order chi connectivity index (χ0) is 10.4. The standard InChI is InChI=1S/C10H10O4/c11-7-14-9(6-10(12)13)8-4-2-1-3-5-8/h1-5,7,9H,6H2,(H,12,13)/t9-/m0/s1. The molecule has 0 unspecified atom stereocenters. The van der Waals surface area contributed by atoms with E-state index in [1.165, 1.54) is 0 Å². The van der Waals surface area contributed by atoms with Crippen LogP contribution in [0.4, 0.5) is 0 Å². The van der Waals surface area contributed by atoms with Crippen molar-refractivity contribution in [1.29, 1.82) is 0 Å². The molecule has 0 saturated heterocycles. The van der Waals surface area contributed by atoms with Gasteiger partial charge in [-0.1, -0.05) is 30.3 Å². The molecular formula is C10H10O4. The van der Waals surface area contributed by atoms with Gasteiger partial charge in [-0.3, -0.25) is 9.59 Å². The van der Waals surface area contributed by atoms with E-state index in [1.54, 1.807) is 24.3 Å². The minimum atomic E-state index is -0.999. The molecule has 0 aliphatic carbocycles. The topological polar surface area (TPSA) is 63.6 Å². The van der Waals surface area contributed by atoms with Crippen molar-refractivity contribution in [3.63, 3.8) is 0 Å². The predicted octanol–water partition coefficient (Wildman–Crippen LogP) is 1.38. The van der Waals surface area contributed by atoms with Gasteiger partial charge in [0.25, 0.3) is 6.47 Å². The first-order valence-electron chi connectivity index (χ1n) is 4.10. The third-order valence-corrected chi connectivity index (χ3v) is 1.75. The molecule has 4 heteroatoms. The predicted molar refractivity (Wildman–Crippen MR) is 48.6 cm³/mol. The second kappa shape index (κ2) is 5.01. The fourth-order valence-corrected chi connectivity index (χ4v) is 1.14. The lowest BCUT2D eigenvalue weighted by Gasteiger charge is -2.12. The van der Waals surface area contributed by atoms with E-state index in [0.29, 0.717) is 5.56 Å². The average Bonchev–Trinajstić information content (AvgIpc) is 2.18. The molecular weight excluding hydrogens is 184 g/mol. The molecule has 1 aromatic rings. The van der Waals surface area contributed by atoms with Gasteiger partial charge in [0.2, 0.25) is 0 Å². The Kier molecular flexibility index (Phi) is 3.67. The van der Waals surface area contributed by atoms with E-state index in [1.807, 2.05) is 6.07 Å². The highest BCUT2D eigenvalue weighted by Gasteiger charge is 2.15. The number of carboxylic acid groups (broad SMARTS) is 1. The first-order chi connectivity index (χ1) is 6.74. The molecule has 0 aliphatic rings. The maximum atomic E-state index is 10.5. The summed E-state index contributed by atoms with van der Waals surface area (Å²) in [5, 5.41) is 8.58. The molecule has 0 amide bonds. The summed E-state index contributed by atoms with van der Waals surface area (Å²) >= 11 is 0. The van der Waals surface area contributed by atoms with Crippen LogP contribution in [0.25, 0.3) is 0 Å². The Morgan fingerprint density at radius 1 is 1.43 bits per heavy atom. The lowest BCUT2D eigenvalue weighted by molar-refractivity contribution is -0.143. The third-order valence-electron chi connectivity index (χ3n) is 1.75. The molecule has 0 bridgehead atoms. The van der Waals surface area contributed by atoms with Gasteiger partial charge in [0.15, 0.2) is 0 Å². The number of carboxylic acids is 1. The zero-order valence-electron chi connectivity index (χ0n) is 7.42. The van der Waals surface area contributed by atoms with Gasteiger partial charge in [-0.05, 0) is 5.56 Å². The number of benzene rings is 1. The van der Waals surface area contributed by atoms with Gasteiger partial charge in [-0.2, -0.15) is 0 Å². The quantitative estimate of drug-likeness (QED) is 0.719. The highest BCUT2D eigenvalue weighted by Crippen LogP contribution is 2.19. The van der Waals surface area contributed by atoms with Crippen LogP contribution in [0, 0.1) is 0 Å². The lowest BCUT2D eigenvalue weighted by atomic mass is 10.1. The van der Waals surface area contributed by atoms with Crippen LogP contribution in [0.3, 0.4) is 0 Å². The monoisotopic (exact) mass is 194 g/mol. The summed E-state index contributed by atoms with van der Waals surface area (Å²) in [6.07, 6.45) is -0.922. The van der Waals surface area contributed by atoms with Crippen LogP contribution in [0.15, 0.2) is 30.3 Å². The zero-order valence-corrected chi connectivity index (χ0v) is 7.42. The third kappa shape index (κ3) is 2.90. The number of hydrogen-bond acceptors (Lipinski definition) is 3. The maximum absolute atomic E-state index is 10.5. The number of hydrogen-bond donors (Lipinski definition) is 1. The molecule has 0 aromatic heterocycles. The first kappa shape index (κ1) is 10.2. The van der Waals surface area contributed by atoms with Crippen molar-refractivity contribution in [3.05, 3.63) is 35.9 Å². The SMILES string of the molecule is O=CO[C@@H](CC(=O)O)c1ccccc1. The van der Waals surface area contributed by atoms with E-state index in [4.69, 9.17) is 5.11 Å². The van der Waals surface area contributed by atoms with Crippen LogP contribution in [0.1, 0.15) is 18.1 Å². The summed E-state index contributed by atoms with van der Waals surface area (Å²) in [5.41, 5.74) is 0.682. The van der Waals surface area contributed by atoms with Gasteiger partial charge in [0.1, 0.15) is 6.10 Å². The normalized spacial score (nSPS) is 11.7. The van der Waals surface area contributed by atoms with E-state index in [2.05, 4.69) is 4.74 Å². The van der Waals surface area contributed by atoms with Gasteiger partial charge < -0.3 is 9.84 Å². The molecule has 0 heterocycles. The van der Waals surface area contributed by atoms with Crippen molar-refractivity contribution in [3.8, 4) is 0 Å². The van der Waals surface area contributed by atoms with Crippen LogP contribution in [0.5, 0.6) is 0 Å². The Balaban J connectivity index is 2.77. The van der Waals surface area contributed by atoms with Crippen molar-refractivity contribution >= 4 is 12.4 Å². The number of carbonyl (C=O) groups excluding carboxylic acids is 1. The molecule has 4 nitrogen and oxygen atoms in total. The second-order valence-corrected chi connectivity index (χ2v) is 2.73. The van der Waals surface area contributed by atoms with Gasteiger partial charge in [-0.25, -0.2) is 0 Å². The molecule has 1 aromatic carbocycles. The molecule has 14 heavy (non-hydrogen) atoms. The Morgan fingerprint density at radius 2 is 2.07 bits per heavy atom. The summed E-state index contributed by atoms with van der Waals surface area (Å²) in [6, 6.07) is 8.77. The Labute approximate surface area is 81.1 Å². The van der Waals surface area contributed by atoms with Crippen molar-refractivity contribution in [2.45, 2.75) is 12.5 Å². The summed E-state index contributed by atoms with van der Waals surface area (Å²) < 4.78 is 4.68. The van der Waals surface area contributed by atoms with E-state index < -0.39 is 12.1 Å². The van der Waals surface area contributed by atoms with Crippen molar-refractivity contribution < 1.29 is 19.4 Å². The van der Waals surface area contributed by atoms with Gasteiger partial charge >= 0.3 is 5.97 Å². The highest BCUT2D eigenvalue weighted by molar-refractivity contribution is 5.68. The molecule has 74 valence electrons. The van der Waals surface area contributed by atoms with E-state index in [0.717, 1.165) is 0 Å². The fourth-order valence-electron chi connectivity index (χ4n) is 1.14. The molecule has 0 saturated carbocycles. The first-order valence-corrected chi connectivity index (χ1v) is 4.10. The van der Waals surface area contributed by atoms with Crippen LogP contribution >= 0.6 is 0 Å². The van der Waals surface area contributed by atoms with Crippen LogP contribution in [0.2, 0.25) is 0 Å². The molecule has 1 N–H and O–H groups in total. The minimum absolute atomic E-state index is 0.219. The van der Waals surface area contributed by atoms with Crippen LogP contribution < -0.4 is 0 Å². The summed E-state index contributed by atoms with van der Waals surface area (Å²) in [6.45, 7) is 0.264. The summed E-state index contributed by atoms with van der Waals surface area (Å²) in [4.78, 5) is 20.6. The lowest BCUT2D eigenvalue weighted by Crippen LogP contribution is -2.09. The van der Waals surface area contributed by atoms with Crippen LogP contribution in [-0.4, -0.2) is 17.5 Å². The molecule has 0 aliphatic heterocycles. The van der Waals surface area contributed by atoms with Crippen molar-refractivity contribution in [2.75, 3.05) is 0 Å². The highest BCUT2D eigenvalue weighted by atomic mass is 16.5.